The Balaban J connectivity index is 1.70. The second-order valence-electron chi connectivity index (χ2n) is 5.86. The van der Waals surface area contributed by atoms with E-state index in [0.29, 0.717) is 6.42 Å². The van der Waals surface area contributed by atoms with Gasteiger partial charge in [0.25, 0.3) is 0 Å². The van der Waals surface area contributed by atoms with Crippen molar-refractivity contribution in [1.29, 1.82) is 0 Å². The molecule has 5 heteroatoms. The van der Waals surface area contributed by atoms with Crippen LogP contribution in [-0.2, 0) is 4.74 Å². The lowest BCUT2D eigenvalue weighted by atomic mass is 9.98. The van der Waals surface area contributed by atoms with Gasteiger partial charge in [0.1, 0.15) is 6.61 Å². The number of hydrogen-bond acceptors (Lipinski definition) is 4. The Hall–Kier alpha value is -2.37. The predicted molar refractivity (Wildman–Crippen MR) is 90.8 cm³/mol. The zero-order valence-corrected chi connectivity index (χ0v) is 13.3. The minimum atomic E-state index is -0.579. The molecule has 0 aromatic heterocycles. The zero-order valence-electron chi connectivity index (χ0n) is 13.3. The first-order valence-corrected chi connectivity index (χ1v) is 8.07. The number of alkyl carbamates (subject to hydrolysis) is 1. The number of rotatable bonds is 6. The smallest absolute Gasteiger partial charge is 0.407 e. The highest BCUT2D eigenvalue weighted by Gasteiger charge is 2.29. The fraction of sp³-hybridized carbons (Fsp3) is 0.316. The summed E-state index contributed by atoms with van der Waals surface area (Å²) in [4.78, 5) is 11.9. The lowest BCUT2D eigenvalue weighted by Gasteiger charge is -2.17. The van der Waals surface area contributed by atoms with Crippen molar-refractivity contribution < 1.29 is 19.7 Å². The third-order valence-electron chi connectivity index (χ3n) is 4.36. The molecular weight excluding hydrogens is 306 g/mol. The second kappa shape index (κ2) is 7.47. The summed E-state index contributed by atoms with van der Waals surface area (Å²) in [5.41, 5.74) is 4.66. The molecule has 0 bridgehead atoms. The number of aliphatic hydroxyl groups excluding tert-OH is 2. The third kappa shape index (κ3) is 3.27. The molecule has 0 saturated carbocycles. The summed E-state index contributed by atoms with van der Waals surface area (Å²) in [6, 6.07) is 15.8. The van der Waals surface area contributed by atoms with Gasteiger partial charge in [-0.15, -0.1) is 0 Å². The summed E-state index contributed by atoms with van der Waals surface area (Å²) >= 11 is 0. The van der Waals surface area contributed by atoms with Crippen LogP contribution in [0.15, 0.2) is 48.5 Å². The van der Waals surface area contributed by atoms with Gasteiger partial charge in [0, 0.05) is 12.5 Å². The SMILES string of the molecule is O=C(NC(CO)CCO)OCC1c2ccccc2-c2ccccc21. The number of carbonyl (C=O) groups excluding carboxylic acids is 1. The molecule has 1 atom stereocenters. The Morgan fingerprint density at radius 1 is 1.04 bits per heavy atom. The number of nitrogens with one attached hydrogen (secondary N) is 1. The van der Waals surface area contributed by atoms with E-state index in [0.717, 1.165) is 11.1 Å². The van der Waals surface area contributed by atoms with Crippen LogP contribution in [0, 0.1) is 0 Å². The van der Waals surface area contributed by atoms with Crippen molar-refractivity contribution in [3.05, 3.63) is 59.7 Å². The van der Waals surface area contributed by atoms with Gasteiger partial charge < -0.3 is 20.3 Å². The van der Waals surface area contributed by atoms with Crippen LogP contribution in [0.2, 0.25) is 0 Å². The molecule has 1 unspecified atom stereocenters. The molecule has 5 nitrogen and oxygen atoms in total. The largest absolute Gasteiger partial charge is 0.449 e. The molecule has 126 valence electrons. The molecule has 0 saturated heterocycles. The quantitative estimate of drug-likeness (QED) is 0.760. The highest BCUT2D eigenvalue weighted by molar-refractivity contribution is 5.79. The Morgan fingerprint density at radius 2 is 1.62 bits per heavy atom. The fourth-order valence-corrected chi connectivity index (χ4v) is 3.17. The molecule has 3 N–H and O–H groups in total. The van der Waals surface area contributed by atoms with E-state index >= 15 is 0 Å². The van der Waals surface area contributed by atoms with Crippen molar-refractivity contribution in [3.63, 3.8) is 0 Å². The maximum atomic E-state index is 11.9. The second-order valence-corrected chi connectivity index (χ2v) is 5.86. The van der Waals surface area contributed by atoms with Crippen LogP contribution in [0.3, 0.4) is 0 Å². The zero-order chi connectivity index (χ0) is 16.9. The summed E-state index contributed by atoms with van der Waals surface area (Å²) in [6.45, 7) is -0.100. The summed E-state index contributed by atoms with van der Waals surface area (Å²) in [6.07, 6.45) is -0.287. The van der Waals surface area contributed by atoms with Crippen LogP contribution in [0.25, 0.3) is 11.1 Å². The summed E-state index contributed by atoms with van der Waals surface area (Å²) < 4.78 is 5.38. The van der Waals surface area contributed by atoms with E-state index in [4.69, 9.17) is 14.9 Å². The molecule has 1 aliphatic rings. The maximum absolute atomic E-state index is 11.9. The maximum Gasteiger partial charge on any atom is 0.407 e. The van der Waals surface area contributed by atoms with Crippen LogP contribution in [0.5, 0.6) is 0 Å². The van der Waals surface area contributed by atoms with Gasteiger partial charge in [0.05, 0.1) is 12.6 Å². The summed E-state index contributed by atoms with van der Waals surface area (Å²) in [5.74, 6) is 0.00793. The Bertz CT molecular complexity index is 671. The number of benzene rings is 2. The topological polar surface area (TPSA) is 78.8 Å². The van der Waals surface area contributed by atoms with Crippen molar-refractivity contribution in [3.8, 4) is 11.1 Å². The molecule has 0 aliphatic heterocycles. The average Bonchev–Trinajstić information content (AvgIpc) is 2.93. The number of amides is 1. The van der Waals surface area contributed by atoms with Crippen molar-refractivity contribution >= 4 is 6.09 Å². The number of aliphatic hydroxyl groups is 2. The highest BCUT2D eigenvalue weighted by Crippen LogP contribution is 2.44. The lowest BCUT2D eigenvalue weighted by Crippen LogP contribution is -2.39. The summed E-state index contributed by atoms with van der Waals surface area (Å²) in [7, 11) is 0. The van der Waals surface area contributed by atoms with Gasteiger partial charge in [-0.2, -0.15) is 0 Å². The van der Waals surface area contributed by atoms with Crippen LogP contribution >= 0.6 is 0 Å². The molecule has 2 aromatic carbocycles. The van der Waals surface area contributed by atoms with Gasteiger partial charge in [0.2, 0.25) is 0 Å². The Labute approximate surface area is 140 Å². The van der Waals surface area contributed by atoms with E-state index in [1.54, 1.807) is 0 Å². The number of hydrogen-bond donors (Lipinski definition) is 3. The van der Waals surface area contributed by atoms with Crippen LogP contribution in [-0.4, -0.2) is 42.2 Å². The van der Waals surface area contributed by atoms with Crippen molar-refractivity contribution in [1.82, 2.24) is 5.32 Å². The molecule has 0 radical (unpaired) electrons. The molecule has 2 aromatic rings. The van der Waals surface area contributed by atoms with E-state index in [1.807, 2.05) is 24.3 Å². The van der Waals surface area contributed by atoms with Gasteiger partial charge >= 0.3 is 6.09 Å². The van der Waals surface area contributed by atoms with E-state index < -0.39 is 12.1 Å². The van der Waals surface area contributed by atoms with E-state index in [2.05, 4.69) is 29.6 Å². The Kier molecular flexibility index (Phi) is 5.13. The molecule has 1 aliphatic carbocycles. The number of ether oxygens (including phenoxy) is 1. The van der Waals surface area contributed by atoms with Crippen LogP contribution in [0.4, 0.5) is 4.79 Å². The van der Waals surface area contributed by atoms with Gasteiger partial charge in [0.15, 0.2) is 0 Å². The third-order valence-corrected chi connectivity index (χ3v) is 4.36. The summed E-state index contributed by atoms with van der Waals surface area (Å²) in [5, 5.41) is 20.6. The average molecular weight is 327 g/mol. The minimum Gasteiger partial charge on any atom is -0.449 e. The molecule has 3 rings (SSSR count). The first-order chi connectivity index (χ1) is 11.7. The molecular formula is C19H21NO4. The van der Waals surface area contributed by atoms with Crippen molar-refractivity contribution in [2.75, 3.05) is 19.8 Å². The molecule has 1 amide bonds. The highest BCUT2D eigenvalue weighted by atomic mass is 16.5. The van der Waals surface area contributed by atoms with Gasteiger partial charge in [-0.25, -0.2) is 4.79 Å². The van der Waals surface area contributed by atoms with Crippen molar-refractivity contribution in [2.45, 2.75) is 18.4 Å². The monoisotopic (exact) mass is 327 g/mol. The molecule has 0 fully saturated rings. The first-order valence-electron chi connectivity index (χ1n) is 8.07. The lowest BCUT2D eigenvalue weighted by molar-refractivity contribution is 0.128. The molecule has 24 heavy (non-hydrogen) atoms. The predicted octanol–water partition coefficient (Wildman–Crippen LogP) is 2.27. The van der Waals surface area contributed by atoms with Gasteiger partial charge in [-0.05, 0) is 28.7 Å². The van der Waals surface area contributed by atoms with Gasteiger partial charge in [-0.3, -0.25) is 0 Å². The number of carbonyl (C=O) groups is 1. The number of fused-ring (bicyclic) bond motifs is 3. The first kappa shape index (κ1) is 16.5. The van der Waals surface area contributed by atoms with Crippen molar-refractivity contribution in [2.24, 2.45) is 0 Å². The van der Waals surface area contributed by atoms with E-state index in [9.17, 15) is 4.79 Å². The molecule has 0 heterocycles. The van der Waals surface area contributed by atoms with E-state index in [-0.39, 0.29) is 25.7 Å². The van der Waals surface area contributed by atoms with Crippen LogP contribution < -0.4 is 5.32 Å². The van der Waals surface area contributed by atoms with E-state index in [1.165, 1.54) is 11.1 Å². The minimum absolute atomic E-state index is 0.00793. The normalized spacial score (nSPS) is 13.9. The standard InChI is InChI=1S/C19H21NO4/c21-10-9-13(11-22)20-19(23)24-12-18-16-7-3-1-5-14(16)15-6-2-4-8-17(15)18/h1-8,13,18,21-22H,9-12H2,(H,20,23). The Morgan fingerprint density at radius 3 is 2.17 bits per heavy atom. The van der Waals surface area contributed by atoms with Crippen LogP contribution in [0.1, 0.15) is 23.5 Å². The van der Waals surface area contributed by atoms with Gasteiger partial charge in [-0.1, -0.05) is 48.5 Å². The fourth-order valence-electron chi connectivity index (χ4n) is 3.17. The molecule has 0 spiro atoms.